The van der Waals surface area contributed by atoms with Gasteiger partial charge in [-0.15, -0.1) is 0 Å². The van der Waals surface area contributed by atoms with Crippen molar-refractivity contribution in [3.63, 3.8) is 0 Å². The van der Waals surface area contributed by atoms with Crippen LogP contribution in [0.4, 0.5) is 0 Å². The van der Waals surface area contributed by atoms with E-state index in [9.17, 15) is 4.79 Å². The molecule has 5 heteroatoms. The normalized spacial score (nSPS) is 15.5. The van der Waals surface area contributed by atoms with Crippen molar-refractivity contribution in [1.82, 2.24) is 15.1 Å². The van der Waals surface area contributed by atoms with E-state index in [1.165, 1.54) is 11.1 Å². The molecule has 4 rings (SSSR count). The maximum absolute atomic E-state index is 12.7. The average molecular weight is 404 g/mol. The molecule has 3 aromatic rings. The van der Waals surface area contributed by atoms with Crippen LogP contribution in [0.25, 0.3) is 5.69 Å². The summed E-state index contributed by atoms with van der Waals surface area (Å²) in [4.78, 5) is 12.7. The standard InChI is InChI=1S/C25H29N3O2/c1-17-22(18(2)28(27-17)20-10-7-11-21(16-20)30-3)14-15-25(29)26-24-13-6-9-19-8-4-5-12-23(19)24/h4-5,7-8,10-12,16,24H,6,9,13-15H2,1-3H3,(H,26,29)/t24-/m1/s1. The van der Waals surface area contributed by atoms with Gasteiger partial charge in [0.05, 0.1) is 24.5 Å². The molecule has 0 saturated heterocycles. The highest BCUT2D eigenvalue weighted by Gasteiger charge is 2.22. The van der Waals surface area contributed by atoms with Gasteiger partial charge in [-0.25, -0.2) is 4.68 Å². The predicted molar refractivity (Wildman–Crippen MR) is 118 cm³/mol. The molecule has 5 nitrogen and oxygen atoms in total. The van der Waals surface area contributed by atoms with Crippen molar-refractivity contribution in [1.29, 1.82) is 0 Å². The zero-order chi connectivity index (χ0) is 21.1. The van der Waals surface area contributed by atoms with Crippen molar-refractivity contribution in [2.75, 3.05) is 7.11 Å². The Bertz CT molecular complexity index is 1050. The SMILES string of the molecule is COc1cccc(-n2nc(C)c(CCC(=O)N[C@@H]3CCCc4ccccc43)c2C)c1. The summed E-state index contributed by atoms with van der Waals surface area (Å²) in [5, 5.41) is 7.96. The lowest BCUT2D eigenvalue weighted by Crippen LogP contribution is -2.31. The Hall–Kier alpha value is -3.08. The maximum Gasteiger partial charge on any atom is 0.220 e. The summed E-state index contributed by atoms with van der Waals surface area (Å²) in [7, 11) is 1.66. The first kappa shape index (κ1) is 20.2. The average Bonchev–Trinajstić information content (AvgIpc) is 3.06. The molecule has 1 aliphatic rings. The number of methoxy groups -OCH3 is 1. The molecule has 2 aromatic carbocycles. The maximum atomic E-state index is 12.7. The van der Waals surface area contributed by atoms with Crippen LogP contribution in [0.1, 0.15) is 53.4 Å². The first-order valence-electron chi connectivity index (χ1n) is 10.6. The van der Waals surface area contributed by atoms with Crippen molar-refractivity contribution in [3.05, 3.63) is 76.6 Å². The molecule has 1 aromatic heterocycles. The molecule has 0 aliphatic heterocycles. The molecule has 0 fully saturated rings. The summed E-state index contributed by atoms with van der Waals surface area (Å²) in [6.45, 7) is 4.07. The Morgan fingerprint density at radius 3 is 2.87 bits per heavy atom. The molecule has 1 amide bonds. The highest BCUT2D eigenvalue weighted by molar-refractivity contribution is 5.77. The molecule has 0 spiro atoms. The number of nitrogens with zero attached hydrogens (tertiary/aromatic N) is 2. The zero-order valence-electron chi connectivity index (χ0n) is 17.9. The van der Waals surface area contributed by atoms with Gasteiger partial charge in [-0.2, -0.15) is 5.10 Å². The van der Waals surface area contributed by atoms with Crippen LogP contribution in [0.3, 0.4) is 0 Å². The van der Waals surface area contributed by atoms with Crippen LogP contribution in [0.15, 0.2) is 48.5 Å². The first-order chi connectivity index (χ1) is 14.6. The van der Waals surface area contributed by atoms with E-state index in [0.29, 0.717) is 12.8 Å². The minimum atomic E-state index is 0.102. The number of hydrogen-bond donors (Lipinski definition) is 1. The van der Waals surface area contributed by atoms with Crippen molar-refractivity contribution in [2.45, 2.75) is 52.0 Å². The molecule has 1 aliphatic carbocycles. The third-order valence-corrected chi connectivity index (χ3v) is 6.05. The molecule has 1 atom stereocenters. The lowest BCUT2D eigenvalue weighted by atomic mass is 9.87. The molecule has 1 N–H and O–H groups in total. The molecule has 0 unspecified atom stereocenters. The number of hydrogen-bond acceptors (Lipinski definition) is 3. The van der Waals surface area contributed by atoms with Gasteiger partial charge >= 0.3 is 0 Å². The number of nitrogens with one attached hydrogen (secondary N) is 1. The monoisotopic (exact) mass is 403 g/mol. The van der Waals surface area contributed by atoms with Gasteiger partial charge in [0.2, 0.25) is 5.91 Å². The van der Waals surface area contributed by atoms with Crippen LogP contribution >= 0.6 is 0 Å². The van der Waals surface area contributed by atoms with Gasteiger partial charge in [-0.05, 0) is 68.4 Å². The summed E-state index contributed by atoms with van der Waals surface area (Å²) in [5.41, 5.74) is 6.76. The minimum Gasteiger partial charge on any atom is -0.497 e. The third-order valence-electron chi connectivity index (χ3n) is 6.05. The second-order valence-corrected chi connectivity index (χ2v) is 7.97. The summed E-state index contributed by atoms with van der Waals surface area (Å²) in [6, 6.07) is 16.4. The molecule has 156 valence electrons. The van der Waals surface area contributed by atoms with E-state index < -0.39 is 0 Å². The Kier molecular flexibility index (Phi) is 5.88. The van der Waals surface area contributed by atoms with E-state index in [-0.39, 0.29) is 11.9 Å². The summed E-state index contributed by atoms with van der Waals surface area (Å²) in [5.74, 6) is 0.901. The Morgan fingerprint density at radius 2 is 2.03 bits per heavy atom. The first-order valence-corrected chi connectivity index (χ1v) is 10.6. The number of benzene rings is 2. The van der Waals surface area contributed by atoms with Crippen LogP contribution in [-0.2, 0) is 17.6 Å². The van der Waals surface area contributed by atoms with Gasteiger partial charge in [0.25, 0.3) is 0 Å². The molecule has 30 heavy (non-hydrogen) atoms. The number of aromatic nitrogens is 2. The fraction of sp³-hybridized carbons (Fsp3) is 0.360. The van der Waals surface area contributed by atoms with Gasteiger partial charge in [-0.1, -0.05) is 30.3 Å². The second kappa shape index (κ2) is 8.74. The van der Waals surface area contributed by atoms with Gasteiger partial charge in [0, 0.05) is 18.2 Å². The smallest absolute Gasteiger partial charge is 0.220 e. The molecule has 1 heterocycles. The van der Waals surface area contributed by atoms with E-state index in [2.05, 4.69) is 36.5 Å². The van der Waals surface area contributed by atoms with Crippen molar-refractivity contribution in [2.24, 2.45) is 0 Å². The van der Waals surface area contributed by atoms with Gasteiger partial charge in [0.1, 0.15) is 5.75 Å². The fourth-order valence-electron chi connectivity index (χ4n) is 4.44. The highest BCUT2D eigenvalue weighted by Crippen LogP contribution is 2.29. The Labute approximate surface area is 178 Å². The molecule has 0 radical (unpaired) electrons. The largest absolute Gasteiger partial charge is 0.497 e. The van der Waals surface area contributed by atoms with Gasteiger partial charge < -0.3 is 10.1 Å². The lowest BCUT2D eigenvalue weighted by Gasteiger charge is -2.26. The van der Waals surface area contributed by atoms with Crippen molar-refractivity contribution < 1.29 is 9.53 Å². The van der Waals surface area contributed by atoms with E-state index in [4.69, 9.17) is 9.84 Å². The molecular formula is C25H29N3O2. The summed E-state index contributed by atoms with van der Waals surface area (Å²) < 4.78 is 7.27. The van der Waals surface area contributed by atoms with Crippen LogP contribution < -0.4 is 10.1 Å². The van der Waals surface area contributed by atoms with Crippen molar-refractivity contribution >= 4 is 5.91 Å². The molecular weight excluding hydrogens is 374 g/mol. The van der Waals surface area contributed by atoms with Crippen LogP contribution in [0.2, 0.25) is 0 Å². The number of carbonyl (C=O) groups excluding carboxylic acids is 1. The van der Waals surface area contributed by atoms with E-state index in [1.807, 2.05) is 35.9 Å². The number of amides is 1. The van der Waals surface area contributed by atoms with Gasteiger partial charge in [-0.3, -0.25) is 4.79 Å². The minimum absolute atomic E-state index is 0.102. The summed E-state index contributed by atoms with van der Waals surface area (Å²) in [6.07, 6.45) is 4.37. The predicted octanol–water partition coefficient (Wildman–Crippen LogP) is 4.62. The third kappa shape index (κ3) is 4.11. The van der Waals surface area contributed by atoms with Crippen LogP contribution in [0.5, 0.6) is 5.75 Å². The van der Waals surface area contributed by atoms with Crippen molar-refractivity contribution in [3.8, 4) is 11.4 Å². The Morgan fingerprint density at radius 1 is 1.20 bits per heavy atom. The second-order valence-electron chi connectivity index (χ2n) is 7.97. The summed E-state index contributed by atoms with van der Waals surface area (Å²) >= 11 is 0. The van der Waals surface area contributed by atoms with Crippen LogP contribution in [0, 0.1) is 13.8 Å². The number of aryl methyl sites for hydroxylation is 2. The van der Waals surface area contributed by atoms with E-state index in [1.54, 1.807) is 7.11 Å². The lowest BCUT2D eigenvalue weighted by molar-refractivity contribution is -0.121. The zero-order valence-corrected chi connectivity index (χ0v) is 17.9. The number of carbonyl (C=O) groups is 1. The van der Waals surface area contributed by atoms with E-state index >= 15 is 0 Å². The highest BCUT2D eigenvalue weighted by atomic mass is 16.5. The fourth-order valence-corrected chi connectivity index (χ4v) is 4.44. The molecule has 0 saturated carbocycles. The quantitative estimate of drug-likeness (QED) is 0.653. The van der Waals surface area contributed by atoms with E-state index in [0.717, 1.165) is 47.7 Å². The topological polar surface area (TPSA) is 56.2 Å². The molecule has 0 bridgehead atoms. The van der Waals surface area contributed by atoms with Gasteiger partial charge in [0.15, 0.2) is 0 Å². The number of ether oxygens (including phenoxy) is 1. The van der Waals surface area contributed by atoms with Crippen LogP contribution in [-0.4, -0.2) is 22.8 Å². The Balaban J connectivity index is 1.44. The number of rotatable bonds is 6. The number of fused-ring (bicyclic) bond motifs is 1.